The zero-order chi connectivity index (χ0) is 25.2. The van der Waals surface area contributed by atoms with E-state index in [-0.39, 0.29) is 5.56 Å². The number of carbonyl (C=O) groups excluding carboxylic acids is 2. The van der Waals surface area contributed by atoms with E-state index in [2.05, 4.69) is 0 Å². The molecule has 0 fully saturated rings. The summed E-state index contributed by atoms with van der Waals surface area (Å²) >= 11 is 0. The second kappa shape index (κ2) is 7.24. The summed E-state index contributed by atoms with van der Waals surface area (Å²) < 4.78 is 0. The molecule has 1 aliphatic carbocycles. The van der Waals surface area contributed by atoms with Crippen molar-refractivity contribution in [1.82, 2.24) is 0 Å². The van der Waals surface area contributed by atoms with Gasteiger partial charge in [0.25, 0.3) is 0 Å². The van der Waals surface area contributed by atoms with Crippen LogP contribution in [-0.2, 0) is 0 Å². The molecule has 0 heterocycles. The Morgan fingerprint density at radius 1 is 0.618 bits per heavy atom. The lowest BCUT2D eigenvalue weighted by molar-refractivity contribution is 0.0646. The molecule has 3 aromatic carbocycles. The molecule has 0 spiro atoms. The number of aryl methyl sites for hydroxylation is 1. The molecule has 4 rings (SSSR count). The second-order valence-corrected chi connectivity index (χ2v) is 7.53. The number of phenols is 5. The minimum atomic E-state index is -1.95. The average molecular weight is 466 g/mol. The zero-order valence-corrected chi connectivity index (χ0v) is 17.1. The van der Waals surface area contributed by atoms with Crippen molar-refractivity contribution >= 4 is 23.5 Å². The van der Waals surface area contributed by atoms with E-state index in [4.69, 9.17) is 0 Å². The van der Waals surface area contributed by atoms with Crippen LogP contribution < -0.4 is 0 Å². The summed E-state index contributed by atoms with van der Waals surface area (Å²) in [5, 5.41) is 71.3. The molecule has 0 amide bonds. The number of carboxylic acids is 2. The Morgan fingerprint density at radius 2 is 1.18 bits per heavy atom. The first kappa shape index (κ1) is 22.1. The van der Waals surface area contributed by atoms with Crippen molar-refractivity contribution in [2.24, 2.45) is 0 Å². The zero-order valence-electron chi connectivity index (χ0n) is 17.1. The summed E-state index contributed by atoms with van der Waals surface area (Å²) in [5.41, 5.74) is -6.11. The van der Waals surface area contributed by atoms with Gasteiger partial charge in [0.2, 0.25) is 0 Å². The summed E-state index contributed by atoms with van der Waals surface area (Å²) in [6.07, 6.45) is 0. The van der Waals surface area contributed by atoms with E-state index in [1.807, 2.05) is 0 Å². The van der Waals surface area contributed by atoms with Gasteiger partial charge in [0.05, 0.1) is 22.3 Å². The molecule has 7 N–H and O–H groups in total. The third-order valence-electron chi connectivity index (χ3n) is 5.50. The van der Waals surface area contributed by atoms with Crippen LogP contribution in [0.1, 0.15) is 58.1 Å². The Balaban J connectivity index is 2.16. The van der Waals surface area contributed by atoms with E-state index < -0.39 is 91.2 Å². The van der Waals surface area contributed by atoms with Gasteiger partial charge in [0.15, 0.2) is 23.1 Å². The van der Waals surface area contributed by atoms with E-state index in [1.54, 1.807) is 6.92 Å². The Bertz CT molecular complexity index is 1500. The number of aromatic carboxylic acids is 2. The van der Waals surface area contributed by atoms with Crippen molar-refractivity contribution in [3.8, 4) is 39.9 Å². The van der Waals surface area contributed by atoms with Crippen LogP contribution in [0.25, 0.3) is 11.1 Å². The lowest BCUT2D eigenvalue weighted by Gasteiger charge is -2.24. The smallest absolute Gasteiger partial charge is 0.340 e. The SMILES string of the molecule is Cc1ccc(O)c(-c2c(O)c(O)c3c(c2O)C(=O)c2c(cc(O)c(C(=O)O)c2C(=O)O)C3=O)c1. The first-order chi connectivity index (χ1) is 15.9. The average Bonchev–Trinajstić information content (AvgIpc) is 2.75. The lowest BCUT2D eigenvalue weighted by Crippen LogP contribution is -2.26. The molecule has 0 unspecified atom stereocenters. The standard InChI is InChI=1S/C23H14O11/c1-6-2-3-9(24)7(4-6)12-19(28)16-15(21(30)20(12)29)17(26)8-5-10(25)13(22(31)32)14(23(33)34)11(8)18(16)27/h2-5,24-25,28-30H,1H3,(H,31,32)(H,33,34). The second-order valence-electron chi connectivity index (χ2n) is 7.53. The van der Waals surface area contributed by atoms with Gasteiger partial charge in [-0.3, -0.25) is 9.59 Å². The Morgan fingerprint density at radius 3 is 1.76 bits per heavy atom. The molecular formula is C23H14O11. The van der Waals surface area contributed by atoms with Gasteiger partial charge >= 0.3 is 11.9 Å². The number of benzene rings is 3. The van der Waals surface area contributed by atoms with Crippen LogP contribution in [0.4, 0.5) is 0 Å². The molecule has 1 aliphatic rings. The van der Waals surface area contributed by atoms with Crippen LogP contribution in [0, 0.1) is 6.92 Å². The first-order valence-electron chi connectivity index (χ1n) is 9.45. The molecule has 0 radical (unpaired) electrons. The highest BCUT2D eigenvalue weighted by Gasteiger charge is 2.43. The number of ketones is 2. The van der Waals surface area contributed by atoms with Gasteiger partial charge < -0.3 is 35.7 Å². The molecule has 0 saturated heterocycles. The predicted molar refractivity (Wildman–Crippen MR) is 112 cm³/mol. The van der Waals surface area contributed by atoms with Crippen LogP contribution in [0.3, 0.4) is 0 Å². The number of carboxylic acid groups (broad SMARTS) is 2. The van der Waals surface area contributed by atoms with Crippen molar-refractivity contribution in [3.63, 3.8) is 0 Å². The number of fused-ring (bicyclic) bond motifs is 2. The maximum Gasteiger partial charge on any atom is 0.340 e. The van der Waals surface area contributed by atoms with E-state index in [9.17, 15) is 54.9 Å². The molecule has 34 heavy (non-hydrogen) atoms. The van der Waals surface area contributed by atoms with E-state index >= 15 is 0 Å². The van der Waals surface area contributed by atoms with Crippen molar-refractivity contribution in [2.45, 2.75) is 6.92 Å². The quantitative estimate of drug-likeness (QED) is 0.172. The normalized spacial score (nSPS) is 12.3. The Kier molecular flexibility index (Phi) is 4.71. The van der Waals surface area contributed by atoms with Gasteiger partial charge in [-0.25, -0.2) is 9.59 Å². The summed E-state index contributed by atoms with van der Waals surface area (Å²) in [6.45, 7) is 1.61. The molecule has 11 nitrogen and oxygen atoms in total. The van der Waals surface area contributed by atoms with Crippen LogP contribution >= 0.6 is 0 Å². The summed E-state index contributed by atoms with van der Waals surface area (Å²) in [7, 11) is 0. The number of hydrogen-bond acceptors (Lipinski definition) is 9. The van der Waals surface area contributed by atoms with Gasteiger partial charge in [-0.2, -0.15) is 0 Å². The highest BCUT2D eigenvalue weighted by atomic mass is 16.4. The van der Waals surface area contributed by atoms with Crippen molar-refractivity contribution in [1.29, 1.82) is 0 Å². The van der Waals surface area contributed by atoms with Gasteiger partial charge in [-0.15, -0.1) is 0 Å². The number of phenolic OH excluding ortho intramolecular Hbond substituents is 4. The maximum atomic E-state index is 13.4. The van der Waals surface area contributed by atoms with Crippen molar-refractivity contribution in [3.05, 3.63) is 63.2 Å². The Labute approximate surface area is 189 Å². The fraction of sp³-hybridized carbons (Fsp3) is 0.0435. The van der Waals surface area contributed by atoms with Gasteiger partial charge in [-0.1, -0.05) is 11.6 Å². The van der Waals surface area contributed by atoms with Gasteiger partial charge in [0, 0.05) is 16.7 Å². The third-order valence-corrected chi connectivity index (χ3v) is 5.50. The van der Waals surface area contributed by atoms with Crippen LogP contribution in [0.5, 0.6) is 28.7 Å². The summed E-state index contributed by atoms with van der Waals surface area (Å²) in [6, 6.07) is 4.58. The molecule has 0 atom stereocenters. The Hall–Kier alpha value is -5.06. The predicted octanol–water partition coefficient (Wildman–Crippen LogP) is 2.36. The van der Waals surface area contributed by atoms with Crippen molar-refractivity contribution < 1.29 is 54.9 Å². The largest absolute Gasteiger partial charge is 0.507 e. The number of aromatic hydroxyl groups is 5. The highest BCUT2D eigenvalue weighted by molar-refractivity contribution is 6.34. The highest BCUT2D eigenvalue weighted by Crippen LogP contribution is 2.53. The molecule has 0 aromatic heterocycles. The summed E-state index contributed by atoms with van der Waals surface area (Å²) in [4.78, 5) is 49.9. The lowest BCUT2D eigenvalue weighted by atomic mass is 9.77. The number of carbonyl (C=O) groups is 4. The fourth-order valence-corrected chi connectivity index (χ4v) is 4.03. The van der Waals surface area contributed by atoms with E-state index in [1.165, 1.54) is 18.2 Å². The van der Waals surface area contributed by atoms with Crippen LogP contribution in [-0.4, -0.2) is 59.3 Å². The molecule has 0 bridgehead atoms. The first-order valence-corrected chi connectivity index (χ1v) is 9.45. The fourth-order valence-electron chi connectivity index (χ4n) is 4.03. The summed E-state index contributed by atoms with van der Waals surface area (Å²) in [5.74, 6) is -11.3. The molecule has 11 heteroatoms. The molecule has 3 aromatic rings. The number of hydrogen-bond donors (Lipinski definition) is 7. The molecule has 0 saturated carbocycles. The van der Waals surface area contributed by atoms with Crippen LogP contribution in [0.2, 0.25) is 0 Å². The topological polar surface area (TPSA) is 210 Å². The van der Waals surface area contributed by atoms with Crippen molar-refractivity contribution in [2.75, 3.05) is 0 Å². The molecule has 172 valence electrons. The van der Waals surface area contributed by atoms with E-state index in [0.29, 0.717) is 11.6 Å². The maximum absolute atomic E-state index is 13.4. The van der Waals surface area contributed by atoms with Gasteiger partial charge in [0.1, 0.15) is 22.8 Å². The number of rotatable bonds is 3. The minimum absolute atomic E-state index is 0.213. The van der Waals surface area contributed by atoms with Crippen LogP contribution in [0.15, 0.2) is 24.3 Å². The molecule has 0 aliphatic heterocycles. The minimum Gasteiger partial charge on any atom is -0.507 e. The van der Waals surface area contributed by atoms with E-state index in [0.717, 1.165) is 0 Å². The third kappa shape index (κ3) is 2.84. The molecular weight excluding hydrogens is 452 g/mol. The van der Waals surface area contributed by atoms with Gasteiger partial charge in [-0.05, 0) is 25.1 Å². The monoisotopic (exact) mass is 466 g/mol.